The van der Waals surface area contributed by atoms with Crippen molar-refractivity contribution in [1.29, 1.82) is 0 Å². The molecule has 0 spiro atoms. The Morgan fingerprint density at radius 3 is 2.27 bits per heavy atom. The molecule has 3 unspecified atom stereocenters. The molecule has 3 aromatic rings. The molecule has 3 atom stereocenters. The first-order valence-electron chi connectivity index (χ1n) is 10.6. The van der Waals surface area contributed by atoms with Gasteiger partial charge in [-0.1, -0.05) is 66.7 Å². The van der Waals surface area contributed by atoms with Crippen LogP contribution < -0.4 is 14.8 Å². The number of fused-ring (bicyclic) bond motifs is 1. The molecule has 0 fully saturated rings. The van der Waals surface area contributed by atoms with Gasteiger partial charge in [0, 0.05) is 19.2 Å². The molecule has 170 valence electrons. The molecule has 1 heterocycles. The van der Waals surface area contributed by atoms with Gasteiger partial charge in [0.2, 0.25) is 0 Å². The summed E-state index contributed by atoms with van der Waals surface area (Å²) in [5, 5.41) is 12.9. The van der Waals surface area contributed by atoms with Crippen molar-refractivity contribution >= 4 is 11.9 Å². The summed E-state index contributed by atoms with van der Waals surface area (Å²) >= 11 is 0. The van der Waals surface area contributed by atoms with E-state index in [1.54, 1.807) is 48.5 Å². The van der Waals surface area contributed by atoms with Crippen LogP contribution in [0.2, 0.25) is 0 Å². The van der Waals surface area contributed by atoms with Gasteiger partial charge in [-0.25, -0.2) is 0 Å². The molecule has 0 aromatic heterocycles. The van der Waals surface area contributed by atoms with Gasteiger partial charge < -0.3 is 24.6 Å². The fourth-order valence-corrected chi connectivity index (χ4v) is 4.04. The second kappa shape index (κ2) is 9.75. The normalized spacial score (nSPS) is 21.4. The lowest BCUT2D eigenvalue weighted by Crippen LogP contribution is -2.67. The lowest BCUT2D eigenvalue weighted by atomic mass is 9.84. The molecule has 0 saturated carbocycles. The van der Waals surface area contributed by atoms with Gasteiger partial charge >= 0.3 is 17.7 Å². The number of methoxy groups -OCH3 is 1. The highest BCUT2D eigenvalue weighted by atomic mass is 16.7. The monoisotopic (exact) mass is 447 g/mol. The van der Waals surface area contributed by atoms with Gasteiger partial charge in [0.25, 0.3) is 0 Å². The summed E-state index contributed by atoms with van der Waals surface area (Å²) in [6.07, 6.45) is -0.660. The molecule has 0 bridgehead atoms. The van der Waals surface area contributed by atoms with E-state index >= 15 is 0 Å². The number of benzene rings is 3. The number of carbonyl (C=O) groups excluding carboxylic acids is 1. The van der Waals surface area contributed by atoms with Gasteiger partial charge in [-0.3, -0.25) is 9.59 Å². The van der Waals surface area contributed by atoms with E-state index in [0.717, 1.165) is 5.56 Å². The van der Waals surface area contributed by atoms with E-state index in [1.807, 2.05) is 36.4 Å². The zero-order chi connectivity index (χ0) is 23.3. The summed E-state index contributed by atoms with van der Waals surface area (Å²) in [5.41, 5.74) is 1.47. The van der Waals surface area contributed by atoms with E-state index in [-0.39, 0.29) is 5.75 Å². The quantitative estimate of drug-likeness (QED) is 0.550. The number of carbonyl (C=O) groups is 2. The van der Waals surface area contributed by atoms with Crippen LogP contribution in [0.1, 0.15) is 17.0 Å². The zero-order valence-electron chi connectivity index (χ0n) is 18.1. The molecule has 2 N–H and O–H groups in total. The minimum absolute atomic E-state index is 0.257. The second-order valence-electron chi connectivity index (χ2n) is 7.69. The molecule has 7 nitrogen and oxygen atoms in total. The number of rotatable bonds is 8. The summed E-state index contributed by atoms with van der Waals surface area (Å²) in [4.78, 5) is 26.0. The third-order valence-corrected chi connectivity index (χ3v) is 5.58. The lowest BCUT2D eigenvalue weighted by Gasteiger charge is -2.44. The first-order chi connectivity index (χ1) is 16.0. The van der Waals surface area contributed by atoms with Crippen LogP contribution in [0.25, 0.3) is 0 Å². The molecule has 0 saturated heterocycles. The second-order valence-corrected chi connectivity index (χ2v) is 7.69. The van der Waals surface area contributed by atoms with Crippen LogP contribution in [0.4, 0.5) is 0 Å². The molecule has 4 rings (SSSR count). The third-order valence-electron chi connectivity index (χ3n) is 5.58. The number of ether oxygens (including phenoxy) is 3. The largest absolute Gasteiger partial charge is 0.481 e. The number of aliphatic carboxylic acids is 1. The molecule has 1 aliphatic rings. The van der Waals surface area contributed by atoms with Gasteiger partial charge in [-0.05, 0) is 30.2 Å². The first-order valence-corrected chi connectivity index (χ1v) is 10.6. The van der Waals surface area contributed by atoms with Crippen LogP contribution in [-0.4, -0.2) is 42.5 Å². The Bertz CT molecular complexity index is 1100. The molecule has 0 aliphatic carbocycles. The van der Waals surface area contributed by atoms with Gasteiger partial charge in [-0.15, -0.1) is 0 Å². The maximum absolute atomic E-state index is 13.6. The van der Waals surface area contributed by atoms with E-state index in [0.29, 0.717) is 24.3 Å². The summed E-state index contributed by atoms with van der Waals surface area (Å²) in [5.74, 6) is -4.38. The number of para-hydroxylation sites is 2. The van der Waals surface area contributed by atoms with E-state index in [4.69, 9.17) is 14.2 Å². The molecule has 33 heavy (non-hydrogen) atoms. The smallest absolute Gasteiger partial charge is 0.360 e. The molecule has 1 amide bonds. The maximum atomic E-state index is 13.6. The minimum atomic E-state index is -2.05. The molecule has 7 heteroatoms. The molecule has 0 radical (unpaired) electrons. The fourth-order valence-electron chi connectivity index (χ4n) is 4.04. The van der Waals surface area contributed by atoms with Crippen LogP contribution in [0.15, 0.2) is 84.9 Å². The van der Waals surface area contributed by atoms with Crippen molar-refractivity contribution in [3.63, 3.8) is 0 Å². The van der Waals surface area contributed by atoms with Crippen molar-refractivity contribution in [2.45, 2.75) is 24.2 Å². The third kappa shape index (κ3) is 4.54. The standard InChI is InChI=1S/C26H25NO6/c1-31-23-22(24(28)29)20-14-8-9-15-21(20)33-26(23,32-19-12-6-3-7-13-19)25(30)27-17-16-18-10-4-2-5-11-18/h2-15,22-23H,16-17H2,1H3,(H,27,30)(H,28,29). The van der Waals surface area contributed by atoms with E-state index in [2.05, 4.69) is 5.32 Å². The number of hydrogen-bond acceptors (Lipinski definition) is 5. The van der Waals surface area contributed by atoms with Crippen molar-refractivity contribution < 1.29 is 28.9 Å². The number of nitrogens with one attached hydrogen (secondary N) is 1. The van der Waals surface area contributed by atoms with Crippen molar-refractivity contribution in [3.05, 3.63) is 96.1 Å². The number of amides is 1. The number of hydrogen-bond donors (Lipinski definition) is 2. The van der Waals surface area contributed by atoms with E-state index in [9.17, 15) is 14.7 Å². The Morgan fingerprint density at radius 2 is 1.61 bits per heavy atom. The van der Waals surface area contributed by atoms with E-state index < -0.39 is 29.7 Å². The van der Waals surface area contributed by atoms with E-state index in [1.165, 1.54) is 7.11 Å². The zero-order valence-corrected chi connectivity index (χ0v) is 18.1. The summed E-state index contributed by atoms with van der Waals surface area (Å²) in [7, 11) is 1.35. The fraction of sp³-hybridized carbons (Fsp3) is 0.231. The summed E-state index contributed by atoms with van der Waals surface area (Å²) < 4.78 is 17.9. The minimum Gasteiger partial charge on any atom is -0.481 e. The Hall–Kier alpha value is -3.84. The van der Waals surface area contributed by atoms with Crippen LogP contribution in [0.3, 0.4) is 0 Å². The average Bonchev–Trinajstić information content (AvgIpc) is 2.84. The van der Waals surface area contributed by atoms with Crippen LogP contribution in [0.5, 0.6) is 11.5 Å². The molecule has 3 aromatic carbocycles. The van der Waals surface area contributed by atoms with Crippen molar-refractivity contribution in [2.24, 2.45) is 0 Å². The van der Waals surface area contributed by atoms with Crippen molar-refractivity contribution in [3.8, 4) is 11.5 Å². The molecular weight excluding hydrogens is 422 g/mol. The van der Waals surface area contributed by atoms with Gasteiger partial charge in [0.1, 0.15) is 17.4 Å². The molecular formula is C26H25NO6. The summed E-state index contributed by atoms with van der Waals surface area (Å²) in [6, 6.07) is 25.1. The van der Waals surface area contributed by atoms with Gasteiger partial charge in [0.15, 0.2) is 6.10 Å². The van der Waals surface area contributed by atoms with Crippen molar-refractivity contribution in [1.82, 2.24) is 5.32 Å². The van der Waals surface area contributed by atoms with Crippen molar-refractivity contribution in [2.75, 3.05) is 13.7 Å². The highest BCUT2D eigenvalue weighted by molar-refractivity contribution is 5.89. The van der Waals surface area contributed by atoms with Crippen LogP contribution >= 0.6 is 0 Å². The SMILES string of the molecule is COC1C(C(=O)O)c2ccccc2OC1(Oc1ccccc1)C(=O)NCCc1ccccc1. The number of carboxylic acid groups (broad SMARTS) is 1. The van der Waals surface area contributed by atoms with Gasteiger partial charge in [0.05, 0.1) is 0 Å². The van der Waals surface area contributed by atoms with Gasteiger partial charge in [-0.2, -0.15) is 0 Å². The lowest BCUT2D eigenvalue weighted by molar-refractivity contribution is -0.215. The Balaban J connectivity index is 1.71. The first kappa shape index (κ1) is 22.4. The number of carboxylic acids is 1. The highest BCUT2D eigenvalue weighted by Crippen LogP contribution is 2.43. The highest BCUT2D eigenvalue weighted by Gasteiger charge is 2.60. The predicted octanol–water partition coefficient (Wildman–Crippen LogP) is 3.40. The summed E-state index contributed by atoms with van der Waals surface area (Å²) in [6.45, 7) is 0.307. The molecule has 1 aliphatic heterocycles. The Kier molecular flexibility index (Phi) is 6.60. The van der Waals surface area contributed by atoms with Crippen LogP contribution in [-0.2, 0) is 20.7 Å². The van der Waals surface area contributed by atoms with Crippen LogP contribution in [0, 0.1) is 0 Å². The Labute approximate surface area is 191 Å². The maximum Gasteiger partial charge on any atom is 0.360 e. The average molecular weight is 447 g/mol. The topological polar surface area (TPSA) is 94.1 Å². The Morgan fingerprint density at radius 1 is 0.970 bits per heavy atom. The predicted molar refractivity (Wildman–Crippen MR) is 121 cm³/mol.